The van der Waals surface area contributed by atoms with Crippen molar-refractivity contribution in [2.24, 2.45) is 0 Å². The van der Waals surface area contributed by atoms with Gasteiger partial charge in [0, 0.05) is 19.1 Å². The molecule has 0 aliphatic heterocycles. The number of nitro groups is 1. The van der Waals surface area contributed by atoms with Crippen LogP contribution in [-0.4, -0.2) is 31.1 Å². The van der Waals surface area contributed by atoms with Crippen LogP contribution < -0.4 is 10.2 Å². The van der Waals surface area contributed by atoms with Crippen molar-refractivity contribution in [3.8, 4) is 0 Å². The average Bonchev–Trinajstić information content (AvgIpc) is 2.48. The molecule has 0 radical (unpaired) electrons. The molecule has 1 aromatic rings. The van der Waals surface area contributed by atoms with Crippen molar-refractivity contribution in [2.75, 3.05) is 19.0 Å². The molecule has 0 atom stereocenters. The smallest absolute Gasteiger partial charge is 0.295 e. The molecule has 1 fully saturated rings. The van der Waals surface area contributed by atoms with E-state index in [4.69, 9.17) is 0 Å². The van der Waals surface area contributed by atoms with Crippen molar-refractivity contribution in [1.82, 2.24) is 5.32 Å². The van der Waals surface area contributed by atoms with Crippen LogP contribution in [0.4, 0.5) is 15.8 Å². The van der Waals surface area contributed by atoms with E-state index in [1.165, 1.54) is 0 Å². The van der Waals surface area contributed by atoms with E-state index < -0.39 is 10.7 Å². The van der Waals surface area contributed by atoms with Gasteiger partial charge in [0.1, 0.15) is 11.5 Å². The zero-order chi connectivity index (χ0) is 15.6. The number of aryl methyl sites for hydroxylation is 1. The van der Waals surface area contributed by atoms with Gasteiger partial charge in [-0.15, -0.1) is 0 Å². The molecule has 1 saturated carbocycles. The van der Waals surface area contributed by atoms with Crippen molar-refractivity contribution >= 4 is 11.4 Å². The Morgan fingerprint density at radius 3 is 2.48 bits per heavy atom. The van der Waals surface area contributed by atoms with Gasteiger partial charge < -0.3 is 10.2 Å². The zero-order valence-corrected chi connectivity index (χ0v) is 12.7. The lowest BCUT2D eigenvalue weighted by Crippen LogP contribution is -2.40. The summed E-state index contributed by atoms with van der Waals surface area (Å²) in [6.07, 6.45) is 4.07. The highest BCUT2D eigenvalue weighted by Gasteiger charge is 2.28. The lowest BCUT2D eigenvalue weighted by Gasteiger charge is -2.35. The topological polar surface area (TPSA) is 58.4 Å². The number of hydrogen-bond acceptors (Lipinski definition) is 4. The first kappa shape index (κ1) is 15.7. The first-order valence-corrected chi connectivity index (χ1v) is 7.28. The molecule has 1 N–H and O–H groups in total. The van der Waals surface area contributed by atoms with Crippen molar-refractivity contribution in [1.29, 1.82) is 0 Å². The molecule has 1 aliphatic carbocycles. The van der Waals surface area contributed by atoms with Crippen LogP contribution in [0.1, 0.15) is 31.2 Å². The second-order valence-corrected chi connectivity index (χ2v) is 5.75. The van der Waals surface area contributed by atoms with Gasteiger partial charge in [-0.05, 0) is 51.3 Å². The number of nitrogens with one attached hydrogen (secondary N) is 1. The third-order valence-electron chi connectivity index (χ3n) is 4.49. The van der Waals surface area contributed by atoms with Crippen LogP contribution in [0.15, 0.2) is 12.1 Å². The van der Waals surface area contributed by atoms with Crippen LogP contribution >= 0.6 is 0 Å². The lowest BCUT2D eigenvalue weighted by atomic mass is 9.90. The van der Waals surface area contributed by atoms with E-state index in [9.17, 15) is 14.5 Å². The molecule has 0 unspecified atom stereocenters. The Bertz CT molecular complexity index is 528. The quantitative estimate of drug-likeness (QED) is 0.685. The Hall–Kier alpha value is -1.69. The van der Waals surface area contributed by atoms with Crippen LogP contribution in [-0.2, 0) is 0 Å². The Labute approximate surface area is 124 Å². The van der Waals surface area contributed by atoms with Gasteiger partial charge in [-0.25, -0.2) is 4.39 Å². The molecule has 0 bridgehead atoms. The summed E-state index contributed by atoms with van der Waals surface area (Å²) in [6, 6.07) is 3.40. The Kier molecular flexibility index (Phi) is 4.77. The molecular formula is C15H22FN3O2. The second-order valence-electron chi connectivity index (χ2n) is 5.75. The predicted molar refractivity (Wildman–Crippen MR) is 81.3 cm³/mol. The van der Waals surface area contributed by atoms with Crippen LogP contribution in [0.3, 0.4) is 0 Å². The van der Waals surface area contributed by atoms with E-state index in [1.54, 1.807) is 13.0 Å². The number of halogens is 1. The summed E-state index contributed by atoms with van der Waals surface area (Å²) in [5.74, 6) is -0.530. The Morgan fingerprint density at radius 1 is 1.33 bits per heavy atom. The molecule has 1 aromatic carbocycles. The highest BCUT2D eigenvalue weighted by molar-refractivity contribution is 5.65. The van der Waals surface area contributed by atoms with E-state index in [-0.39, 0.29) is 11.7 Å². The summed E-state index contributed by atoms with van der Waals surface area (Å²) in [7, 11) is 3.83. The number of nitro benzene ring substituents is 1. The normalized spacial score (nSPS) is 22.1. The lowest BCUT2D eigenvalue weighted by molar-refractivity contribution is -0.384. The highest BCUT2D eigenvalue weighted by atomic mass is 19.1. The number of nitrogens with zero attached hydrogens (tertiary/aromatic N) is 2. The summed E-state index contributed by atoms with van der Waals surface area (Å²) in [6.45, 7) is 1.63. The van der Waals surface area contributed by atoms with Gasteiger partial charge in [-0.2, -0.15) is 0 Å². The molecule has 0 saturated heterocycles. The molecule has 1 aliphatic rings. The predicted octanol–water partition coefficient (Wildman–Crippen LogP) is 3.01. The van der Waals surface area contributed by atoms with Gasteiger partial charge in [0.2, 0.25) is 0 Å². The molecule has 21 heavy (non-hydrogen) atoms. The van der Waals surface area contributed by atoms with E-state index in [1.807, 2.05) is 19.0 Å². The summed E-state index contributed by atoms with van der Waals surface area (Å²) in [5, 5.41) is 14.4. The average molecular weight is 295 g/mol. The minimum atomic E-state index is -0.530. The molecule has 6 heteroatoms. The summed E-state index contributed by atoms with van der Waals surface area (Å²) < 4.78 is 13.6. The maximum Gasteiger partial charge on any atom is 0.295 e. The van der Waals surface area contributed by atoms with Crippen molar-refractivity contribution in [3.05, 3.63) is 33.6 Å². The minimum absolute atomic E-state index is 0.156. The third-order valence-corrected chi connectivity index (χ3v) is 4.49. The van der Waals surface area contributed by atoms with Crippen molar-refractivity contribution in [2.45, 2.75) is 44.7 Å². The maximum absolute atomic E-state index is 13.6. The van der Waals surface area contributed by atoms with Crippen LogP contribution in [0, 0.1) is 22.9 Å². The zero-order valence-electron chi connectivity index (χ0n) is 12.7. The molecule has 0 spiro atoms. The molecule has 0 aromatic heterocycles. The molecule has 0 amide bonds. The number of hydrogen-bond donors (Lipinski definition) is 1. The van der Waals surface area contributed by atoms with E-state index >= 15 is 0 Å². The summed E-state index contributed by atoms with van der Waals surface area (Å²) in [5.41, 5.74) is 0.787. The standard InChI is InChI=1S/C15H22FN3O2/c1-10-8-14(15(19(20)21)9-13(10)16)18(3)12-6-4-11(17-2)5-7-12/h8-9,11-12,17H,4-7H2,1-3H3. The van der Waals surface area contributed by atoms with Crippen LogP contribution in [0.25, 0.3) is 0 Å². The molecule has 116 valence electrons. The monoisotopic (exact) mass is 295 g/mol. The molecular weight excluding hydrogens is 273 g/mol. The van der Waals surface area contributed by atoms with E-state index in [0.717, 1.165) is 31.7 Å². The van der Waals surface area contributed by atoms with Crippen molar-refractivity contribution < 1.29 is 9.31 Å². The molecule has 0 heterocycles. The van der Waals surface area contributed by atoms with Crippen LogP contribution in [0.5, 0.6) is 0 Å². The second kappa shape index (κ2) is 6.39. The molecule has 5 nitrogen and oxygen atoms in total. The van der Waals surface area contributed by atoms with Gasteiger partial charge in [-0.1, -0.05) is 0 Å². The highest BCUT2D eigenvalue weighted by Crippen LogP contribution is 2.34. The fourth-order valence-corrected chi connectivity index (χ4v) is 3.03. The van der Waals surface area contributed by atoms with Gasteiger partial charge in [-0.3, -0.25) is 10.1 Å². The number of anilines is 1. The van der Waals surface area contributed by atoms with E-state index in [2.05, 4.69) is 5.32 Å². The van der Waals surface area contributed by atoms with Gasteiger partial charge in [0.05, 0.1) is 11.0 Å². The largest absolute Gasteiger partial charge is 0.366 e. The summed E-state index contributed by atoms with van der Waals surface area (Å²) in [4.78, 5) is 12.6. The Balaban J connectivity index is 2.24. The van der Waals surface area contributed by atoms with E-state index in [0.29, 0.717) is 17.3 Å². The van der Waals surface area contributed by atoms with Gasteiger partial charge in [0.25, 0.3) is 5.69 Å². The number of benzene rings is 1. The first-order chi connectivity index (χ1) is 9.93. The fourth-order valence-electron chi connectivity index (χ4n) is 3.03. The third kappa shape index (κ3) is 3.32. The number of rotatable bonds is 4. The van der Waals surface area contributed by atoms with Gasteiger partial charge >= 0.3 is 0 Å². The van der Waals surface area contributed by atoms with Crippen LogP contribution in [0.2, 0.25) is 0 Å². The maximum atomic E-state index is 13.6. The first-order valence-electron chi connectivity index (χ1n) is 7.28. The summed E-state index contributed by atoms with van der Waals surface area (Å²) >= 11 is 0. The SMILES string of the molecule is CNC1CCC(N(C)c2cc(C)c(F)cc2[N+](=O)[O-])CC1. The Morgan fingerprint density at radius 2 is 1.95 bits per heavy atom. The van der Waals surface area contributed by atoms with Gasteiger partial charge in [0.15, 0.2) is 0 Å². The fraction of sp³-hybridized carbons (Fsp3) is 0.600. The van der Waals surface area contributed by atoms with Crippen molar-refractivity contribution in [3.63, 3.8) is 0 Å². The molecule has 2 rings (SSSR count). The minimum Gasteiger partial charge on any atom is -0.366 e.